The van der Waals surface area contributed by atoms with Crippen LogP contribution in [-0.4, -0.2) is 11.2 Å². The van der Waals surface area contributed by atoms with Gasteiger partial charge >= 0.3 is 0 Å². The first kappa shape index (κ1) is 15.4. The van der Waals surface area contributed by atoms with Crippen LogP contribution in [0.15, 0.2) is 18.2 Å². The fourth-order valence-electron chi connectivity index (χ4n) is 3.57. The van der Waals surface area contributed by atoms with Crippen molar-refractivity contribution in [3.05, 3.63) is 35.4 Å². The van der Waals surface area contributed by atoms with Gasteiger partial charge in [0.2, 0.25) is 0 Å². The molecule has 1 aromatic carbocycles. The molecule has 0 aromatic heterocycles. The van der Waals surface area contributed by atoms with E-state index in [1.54, 1.807) is 6.07 Å². The van der Waals surface area contributed by atoms with Gasteiger partial charge in [0.15, 0.2) is 11.6 Å². The predicted octanol–water partition coefficient (Wildman–Crippen LogP) is 4.33. The third-order valence-corrected chi connectivity index (χ3v) is 4.73. The Bertz CT molecular complexity index is 470. The van der Waals surface area contributed by atoms with E-state index in [-0.39, 0.29) is 17.4 Å². The van der Waals surface area contributed by atoms with Gasteiger partial charge in [0, 0.05) is 0 Å². The summed E-state index contributed by atoms with van der Waals surface area (Å²) in [6.45, 7) is 6.39. The second-order valence-corrected chi connectivity index (χ2v) is 7.01. The number of rotatable bonds is 3. The average Bonchev–Trinajstić information content (AvgIpc) is 2.33. The van der Waals surface area contributed by atoms with Crippen molar-refractivity contribution in [2.45, 2.75) is 52.6 Å². The Kier molecular flexibility index (Phi) is 4.48. The third-order valence-electron chi connectivity index (χ3n) is 4.73. The van der Waals surface area contributed by atoms with Crippen molar-refractivity contribution in [2.24, 2.45) is 17.3 Å². The van der Waals surface area contributed by atoms with E-state index < -0.39 is 11.6 Å². The van der Waals surface area contributed by atoms with Gasteiger partial charge in [0.05, 0.1) is 6.10 Å². The molecule has 0 saturated heterocycles. The summed E-state index contributed by atoms with van der Waals surface area (Å²) in [5.41, 5.74) is 0.670. The molecule has 1 N–H and O–H groups in total. The Balaban J connectivity index is 2.11. The first-order valence-electron chi connectivity index (χ1n) is 7.41. The molecule has 0 bridgehead atoms. The lowest BCUT2D eigenvalue weighted by Crippen LogP contribution is -2.39. The minimum Gasteiger partial charge on any atom is -0.393 e. The zero-order chi connectivity index (χ0) is 14.9. The van der Waals surface area contributed by atoms with Crippen LogP contribution in [0.3, 0.4) is 0 Å². The summed E-state index contributed by atoms with van der Waals surface area (Å²) in [5.74, 6) is -0.818. The Morgan fingerprint density at radius 3 is 2.50 bits per heavy atom. The minimum atomic E-state index is -0.807. The van der Waals surface area contributed by atoms with Crippen molar-refractivity contribution in [1.82, 2.24) is 0 Å². The number of aliphatic hydroxyl groups is 1. The van der Waals surface area contributed by atoms with E-state index >= 15 is 0 Å². The highest BCUT2D eigenvalue weighted by Crippen LogP contribution is 2.42. The van der Waals surface area contributed by atoms with Crippen LogP contribution in [0.4, 0.5) is 8.78 Å². The molecule has 2 rings (SSSR count). The summed E-state index contributed by atoms with van der Waals surface area (Å²) in [5, 5.41) is 10.3. The Morgan fingerprint density at radius 2 is 1.90 bits per heavy atom. The van der Waals surface area contributed by atoms with Gasteiger partial charge in [0.25, 0.3) is 0 Å². The molecule has 1 saturated carbocycles. The van der Waals surface area contributed by atoms with Gasteiger partial charge in [-0.15, -0.1) is 0 Å². The molecule has 0 heterocycles. The van der Waals surface area contributed by atoms with E-state index in [1.165, 1.54) is 12.1 Å². The number of hydrogen-bond acceptors (Lipinski definition) is 1. The van der Waals surface area contributed by atoms with Gasteiger partial charge < -0.3 is 5.11 Å². The van der Waals surface area contributed by atoms with Gasteiger partial charge in [-0.05, 0) is 54.2 Å². The second-order valence-electron chi connectivity index (χ2n) is 7.01. The molecule has 20 heavy (non-hydrogen) atoms. The van der Waals surface area contributed by atoms with Crippen molar-refractivity contribution in [1.29, 1.82) is 0 Å². The standard InChI is InChI=1S/C17H24F2O/c1-11-4-6-13(16(20)8-11)17(2,3)10-12-5-7-14(18)15(19)9-12/h5,7,9,11,13,16,20H,4,6,8,10H2,1-3H3. The Morgan fingerprint density at radius 1 is 1.20 bits per heavy atom. The molecule has 1 aliphatic rings. The maximum Gasteiger partial charge on any atom is 0.159 e. The number of hydrogen-bond donors (Lipinski definition) is 1. The molecule has 0 aliphatic heterocycles. The first-order valence-corrected chi connectivity index (χ1v) is 7.41. The van der Waals surface area contributed by atoms with Crippen LogP contribution in [-0.2, 0) is 6.42 Å². The lowest BCUT2D eigenvalue weighted by atomic mass is 9.65. The molecule has 1 aromatic rings. The molecule has 3 atom stereocenters. The summed E-state index contributed by atoms with van der Waals surface area (Å²) in [6.07, 6.45) is 3.33. The van der Waals surface area contributed by atoms with Crippen molar-refractivity contribution in [3.8, 4) is 0 Å². The zero-order valence-corrected chi connectivity index (χ0v) is 12.5. The summed E-state index contributed by atoms with van der Waals surface area (Å²) < 4.78 is 26.3. The summed E-state index contributed by atoms with van der Waals surface area (Å²) >= 11 is 0. The highest BCUT2D eigenvalue weighted by Gasteiger charge is 2.38. The van der Waals surface area contributed by atoms with Crippen LogP contribution in [0.25, 0.3) is 0 Å². The van der Waals surface area contributed by atoms with E-state index in [1.807, 2.05) is 0 Å². The van der Waals surface area contributed by atoms with E-state index in [4.69, 9.17) is 0 Å². The highest BCUT2D eigenvalue weighted by atomic mass is 19.2. The molecule has 1 fully saturated rings. The van der Waals surface area contributed by atoms with E-state index in [2.05, 4.69) is 20.8 Å². The molecule has 3 heteroatoms. The lowest BCUT2D eigenvalue weighted by Gasteiger charge is -2.42. The minimum absolute atomic E-state index is 0.121. The largest absolute Gasteiger partial charge is 0.393 e. The van der Waals surface area contributed by atoms with E-state index in [0.29, 0.717) is 12.3 Å². The Labute approximate surface area is 120 Å². The molecule has 1 aliphatic carbocycles. The predicted molar refractivity (Wildman–Crippen MR) is 76.4 cm³/mol. The maximum absolute atomic E-state index is 13.3. The van der Waals surface area contributed by atoms with Crippen LogP contribution in [0, 0.1) is 28.9 Å². The lowest BCUT2D eigenvalue weighted by molar-refractivity contribution is -0.0125. The topological polar surface area (TPSA) is 20.2 Å². The molecular weight excluding hydrogens is 258 g/mol. The fourth-order valence-corrected chi connectivity index (χ4v) is 3.57. The fraction of sp³-hybridized carbons (Fsp3) is 0.647. The van der Waals surface area contributed by atoms with Gasteiger partial charge in [-0.2, -0.15) is 0 Å². The third kappa shape index (κ3) is 3.38. The summed E-state index contributed by atoms with van der Waals surface area (Å²) in [4.78, 5) is 0. The number of aliphatic hydroxyl groups excluding tert-OH is 1. The molecular formula is C17H24F2O. The van der Waals surface area contributed by atoms with Gasteiger partial charge in [-0.25, -0.2) is 8.78 Å². The van der Waals surface area contributed by atoms with Gasteiger partial charge in [-0.3, -0.25) is 0 Å². The van der Waals surface area contributed by atoms with Crippen molar-refractivity contribution in [2.75, 3.05) is 0 Å². The maximum atomic E-state index is 13.3. The van der Waals surface area contributed by atoms with Crippen LogP contribution >= 0.6 is 0 Å². The van der Waals surface area contributed by atoms with Gasteiger partial charge in [-0.1, -0.05) is 33.3 Å². The first-order chi connectivity index (χ1) is 9.29. The SMILES string of the molecule is CC1CCC(C(C)(C)Cc2ccc(F)c(F)c2)C(O)C1. The van der Waals surface area contributed by atoms with Crippen LogP contribution in [0.2, 0.25) is 0 Å². The molecule has 0 amide bonds. The van der Waals surface area contributed by atoms with Crippen LogP contribution < -0.4 is 0 Å². The van der Waals surface area contributed by atoms with E-state index in [0.717, 1.165) is 24.8 Å². The van der Waals surface area contributed by atoms with E-state index in [9.17, 15) is 13.9 Å². The summed E-state index contributed by atoms with van der Waals surface area (Å²) in [7, 11) is 0. The molecule has 0 spiro atoms. The molecule has 0 radical (unpaired) electrons. The van der Waals surface area contributed by atoms with Crippen molar-refractivity contribution < 1.29 is 13.9 Å². The average molecular weight is 282 g/mol. The van der Waals surface area contributed by atoms with Crippen molar-refractivity contribution in [3.63, 3.8) is 0 Å². The molecule has 112 valence electrons. The normalized spacial score (nSPS) is 27.6. The van der Waals surface area contributed by atoms with Crippen LogP contribution in [0.5, 0.6) is 0 Å². The molecule has 3 unspecified atom stereocenters. The quantitative estimate of drug-likeness (QED) is 0.875. The smallest absolute Gasteiger partial charge is 0.159 e. The number of benzene rings is 1. The molecule has 1 nitrogen and oxygen atoms in total. The Hall–Kier alpha value is -0.960. The number of halogens is 2. The van der Waals surface area contributed by atoms with Gasteiger partial charge in [0.1, 0.15) is 0 Å². The summed E-state index contributed by atoms with van der Waals surface area (Å²) in [6, 6.07) is 4.09. The second kappa shape index (κ2) is 5.80. The zero-order valence-electron chi connectivity index (χ0n) is 12.5. The highest BCUT2D eigenvalue weighted by molar-refractivity contribution is 5.19. The van der Waals surface area contributed by atoms with Crippen LogP contribution in [0.1, 0.15) is 45.6 Å². The monoisotopic (exact) mass is 282 g/mol. The van der Waals surface area contributed by atoms with Crippen molar-refractivity contribution >= 4 is 0 Å².